The standard InChI is InChI=1S/C23H28FN3O4/c24-18-13-17-20(14-19(18)25-15-7-2-1-3-8-15)27(16-9-4-5-10-16)23(31)26(22(17)30)12-6-11-21(28)29/h6,11,13-16,25H,1-5,7-10,12H2,(H,28,29)/b11-6+. The Labute approximate surface area is 179 Å². The number of hydrogen-bond donors (Lipinski definition) is 2. The van der Waals surface area contributed by atoms with E-state index in [4.69, 9.17) is 5.11 Å². The summed E-state index contributed by atoms with van der Waals surface area (Å²) in [5, 5.41) is 12.2. The van der Waals surface area contributed by atoms with Gasteiger partial charge in [-0.1, -0.05) is 38.2 Å². The van der Waals surface area contributed by atoms with Crippen LogP contribution in [0, 0.1) is 5.82 Å². The fraction of sp³-hybridized carbons (Fsp3) is 0.522. The average Bonchev–Trinajstić information content (AvgIpc) is 3.27. The molecular formula is C23H28FN3O4. The highest BCUT2D eigenvalue weighted by molar-refractivity contribution is 5.82. The molecule has 7 nitrogen and oxygen atoms in total. The van der Waals surface area contributed by atoms with E-state index in [1.807, 2.05) is 0 Å². The molecule has 2 aliphatic rings. The van der Waals surface area contributed by atoms with Crippen LogP contribution in [0.4, 0.5) is 10.1 Å². The normalized spacial score (nSPS) is 18.2. The summed E-state index contributed by atoms with van der Waals surface area (Å²) in [4.78, 5) is 37.1. The lowest BCUT2D eigenvalue weighted by atomic mass is 9.95. The average molecular weight is 429 g/mol. The van der Waals surface area contributed by atoms with E-state index in [9.17, 15) is 18.8 Å². The molecule has 1 aromatic carbocycles. The molecule has 0 unspecified atom stereocenters. The predicted octanol–water partition coefficient (Wildman–Crippen LogP) is 3.80. The molecule has 0 bridgehead atoms. The van der Waals surface area contributed by atoms with Crippen molar-refractivity contribution in [1.29, 1.82) is 0 Å². The number of anilines is 1. The number of benzene rings is 1. The van der Waals surface area contributed by atoms with Crippen LogP contribution in [0.25, 0.3) is 10.9 Å². The van der Waals surface area contributed by atoms with Crippen molar-refractivity contribution in [2.75, 3.05) is 5.32 Å². The second kappa shape index (κ2) is 9.08. The number of halogens is 1. The summed E-state index contributed by atoms with van der Waals surface area (Å²) < 4.78 is 17.6. The van der Waals surface area contributed by atoms with Crippen LogP contribution in [0.1, 0.15) is 63.8 Å². The Bertz CT molecular complexity index is 1120. The maximum atomic E-state index is 15.0. The third-order valence-corrected chi connectivity index (χ3v) is 6.46. The fourth-order valence-electron chi connectivity index (χ4n) is 4.91. The van der Waals surface area contributed by atoms with Gasteiger partial charge in [0.15, 0.2) is 0 Å². The molecule has 8 heteroatoms. The molecule has 2 fully saturated rings. The number of rotatable bonds is 6. The van der Waals surface area contributed by atoms with E-state index in [-0.39, 0.29) is 24.0 Å². The molecule has 0 amide bonds. The van der Waals surface area contributed by atoms with Gasteiger partial charge in [-0.25, -0.2) is 14.0 Å². The minimum absolute atomic E-state index is 0.0571. The Morgan fingerprint density at radius 3 is 2.45 bits per heavy atom. The van der Waals surface area contributed by atoms with Gasteiger partial charge in [0.05, 0.1) is 16.6 Å². The number of nitrogens with zero attached hydrogens (tertiary/aromatic N) is 2. The summed E-state index contributed by atoms with van der Waals surface area (Å²) in [5.74, 6) is -1.67. The zero-order chi connectivity index (χ0) is 22.0. The number of fused-ring (bicyclic) bond motifs is 1. The summed E-state index contributed by atoms with van der Waals surface area (Å²) in [5.41, 5.74) is -0.310. The Morgan fingerprint density at radius 1 is 1.10 bits per heavy atom. The number of nitrogens with one attached hydrogen (secondary N) is 1. The van der Waals surface area contributed by atoms with Crippen LogP contribution in [0.3, 0.4) is 0 Å². The van der Waals surface area contributed by atoms with Crippen LogP contribution >= 0.6 is 0 Å². The van der Waals surface area contributed by atoms with Gasteiger partial charge < -0.3 is 10.4 Å². The van der Waals surface area contributed by atoms with Gasteiger partial charge in [0.2, 0.25) is 0 Å². The van der Waals surface area contributed by atoms with Crippen LogP contribution in [-0.2, 0) is 11.3 Å². The molecule has 2 N–H and O–H groups in total. The lowest BCUT2D eigenvalue weighted by Crippen LogP contribution is -2.41. The first-order valence-corrected chi connectivity index (χ1v) is 11.1. The Balaban J connectivity index is 1.85. The van der Waals surface area contributed by atoms with Crippen molar-refractivity contribution in [2.45, 2.75) is 76.4 Å². The van der Waals surface area contributed by atoms with Crippen LogP contribution < -0.4 is 16.6 Å². The zero-order valence-electron chi connectivity index (χ0n) is 17.5. The van der Waals surface area contributed by atoms with Gasteiger partial charge in [-0.05, 0) is 37.8 Å². The molecule has 0 saturated heterocycles. The first-order valence-electron chi connectivity index (χ1n) is 11.1. The van der Waals surface area contributed by atoms with Crippen LogP contribution in [0.2, 0.25) is 0 Å². The van der Waals surface area contributed by atoms with Crippen molar-refractivity contribution in [3.05, 3.63) is 50.9 Å². The topological polar surface area (TPSA) is 93.3 Å². The molecule has 31 heavy (non-hydrogen) atoms. The lowest BCUT2D eigenvalue weighted by molar-refractivity contribution is -0.131. The summed E-state index contributed by atoms with van der Waals surface area (Å²) in [6, 6.07) is 2.95. The largest absolute Gasteiger partial charge is 0.478 e. The number of carbonyl (C=O) groups is 1. The van der Waals surface area contributed by atoms with Crippen molar-refractivity contribution in [3.63, 3.8) is 0 Å². The zero-order valence-corrected chi connectivity index (χ0v) is 17.5. The van der Waals surface area contributed by atoms with E-state index in [0.29, 0.717) is 11.2 Å². The van der Waals surface area contributed by atoms with Gasteiger partial charge in [-0.3, -0.25) is 13.9 Å². The fourth-order valence-corrected chi connectivity index (χ4v) is 4.91. The number of carboxylic acids is 1. The summed E-state index contributed by atoms with van der Waals surface area (Å²) in [6.45, 7) is -0.170. The highest BCUT2D eigenvalue weighted by Crippen LogP contribution is 2.32. The lowest BCUT2D eigenvalue weighted by Gasteiger charge is -2.25. The molecule has 0 spiro atoms. The molecule has 0 aliphatic heterocycles. The summed E-state index contributed by atoms with van der Waals surface area (Å²) in [7, 11) is 0. The monoisotopic (exact) mass is 429 g/mol. The van der Waals surface area contributed by atoms with E-state index >= 15 is 0 Å². The van der Waals surface area contributed by atoms with E-state index in [2.05, 4.69) is 5.32 Å². The third kappa shape index (κ3) is 4.43. The van der Waals surface area contributed by atoms with E-state index < -0.39 is 23.0 Å². The molecule has 166 valence electrons. The van der Waals surface area contributed by atoms with Gasteiger partial charge in [-0.15, -0.1) is 0 Å². The molecule has 2 aromatic rings. The molecule has 2 saturated carbocycles. The highest BCUT2D eigenvalue weighted by atomic mass is 19.1. The number of aliphatic carboxylic acids is 1. The maximum Gasteiger partial charge on any atom is 0.332 e. The minimum atomic E-state index is -1.16. The van der Waals surface area contributed by atoms with Crippen LogP contribution in [-0.4, -0.2) is 26.3 Å². The predicted molar refractivity (Wildman–Crippen MR) is 117 cm³/mol. The SMILES string of the molecule is O=C(O)/C=C/Cn1c(=O)c2cc(F)c(NC3CCCCC3)cc2n(C2CCCC2)c1=O. The van der Waals surface area contributed by atoms with Gasteiger partial charge >= 0.3 is 11.7 Å². The minimum Gasteiger partial charge on any atom is -0.478 e. The Kier molecular flexibility index (Phi) is 6.25. The van der Waals surface area contributed by atoms with E-state index in [1.54, 1.807) is 10.6 Å². The number of allylic oxidation sites excluding steroid dienone is 1. The quantitative estimate of drug-likeness (QED) is 0.682. The van der Waals surface area contributed by atoms with Crippen molar-refractivity contribution in [2.24, 2.45) is 0 Å². The summed E-state index contributed by atoms with van der Waals surface area (Å²) in [6.07, 6.45) is 11.1. The molecule has 1 aromatic heterocycles. The number of hydrogen-bond acceptors (Lipinski definition) is 4. The van der Waals surface area contributed by atoms with Crippen molar-refractivity contribution >= 4 is 22.6 Å². The van der Waals surface area contributed by atoms with E-state index in [1.165, 1.54) is 18.6 Å². The Hall–Kier alpha value is -2.90. The van der Waals surface area contributed by atoms with Gasteiger partial charge in [-0.2, -0.15) is 0 Å². The number of aromatic nitrogens is 2. The first-order chi connectivity index (χ1) is 15.0. The second-order valence-electron chi connectivity index (χ2n) is 8.58. The molecule has 2 aliphatic carbocycles. The molecule has 4 rings (SSSR count). The Morgan fingerprint density at radius 2 is 1.77 bits per heavy atom. The first kappa shape index (κ1) is 21.3. The summed E-state index contributed by atoms with van der Waals surface area (Å²) >= 11 is 0. The number of carboxylic acid groups (broad SMARTS) is 1. The molecule has 1 heterocycles. The van der Waals surface area contributed by atoms with Crippen LogP contribution in [0.5, 0.6) is 0 Å². The second-order valence-corrected chi connectivity index (χ2v) is 8.58. The molecule has 0 radical (unpaired) electrons. The van der Waals surface area contributed by atoms with Crippen molar-refractivity contribution in [3.8, 4) is 0 Å². The van der Waals surface area contributed by atoms with Crippen LogP contribution in [0.15, 0.2) is 33.9 Å². The molecule has 0 atom stereocenters. The molecular weight excluding hydrogens is 401 g/mol. The van der Waals surface area contributed by atoms with Crippen molar-refractivity contribution in [1.82, 2.24) is 9.13 Å². The van der Waals surface area contributed by atoms with E-state index in [0.717, 1.165) is 62.0 Å². The van der Waals surface area contributed by atoms with Gasteiger partial charge in [0.25, 0.3) is 5.56 Å². The maximum absolute atomic E-state index is 15.0. The highest BCUT2D eigenvalue weighted by Gasteiger charge is 2.24. The smallest absolute Gasteiger partial charge is 0.332 e. The van der Waals surface area contributed by atoms with Gasteiger partial charge in [0, 0.05) is 24.7 Å². The van der Waals surface area contributed by atoms with Crippen molar-refractivity contribution < 1.29 is 14.3 Å². The third-order valence-electron chi connectivity index (χ3n) is 6.46. The van der Waals surface area contributed by atoms with Gasteiger partial charge in [0.1, 0.15) is 5.82 Å².